The lowest BCUT2D eigenvalue weighted by Gasteiger charge is -2.28. The highest BCUT2D eigenvalue weighted by Crippen LogP contribution is 2.44. The molecule has 2 amide bonds. The van der Waals surface area contributed by atoms with Crippen molar-refractivity contribution in [2.24, 2.45) is 0 Å². The standard InChI is InChI=1S/C30H25BN5O4/c1-17-24-12-28(33-15-25(24)23-6-5-22(11-27(23)40-17)36-8-2-3-29(36)37)34-20-10-21(14-32-13-20)35-30(38)18-4-7-26-19(9-18)16-39-31-26/h4-7,9-15,17H,2-3,8,16H2,1H3,(H,33,34)(H,35,38). The van der Waals surface area contributed by atoms with E-state index < -0.39 is 0 Å². The van der Waals surface area contributed by atoms with Crippen LogP contribution in [0.25, 0.3) is 11.1 Å². The van der Waals surface area contributed by atoms with Crippen molar-refractivity contribution in [2.45, 2.75) is 32.5 Å². The third-order valence-corrected chi connectivity index (χ3v) is 7.44. The number of ether oxygens (including phenoxy) is 1. The first-order valence-corrected chi connectivity index (χ1v) is 13.2. The Balaban J connectivity index is 1.09. The Bertz CT molecular complexity index is 1680. The van der Waals surface area contributed by atoms with E-state index in [0.717, 1.165) is 52.1 Å². The maximum Gasteiger partial charge on any atom is 0.330 e. The van der Waals surface area contributed by atoms with Crippen LogP contribution >= 0.6 is 0 Å². The van der Waals surface area contributed by atoms with E-state index in [-0.39, 0.29) is 17.9 Å². The molecule has 2 N–H and O–H groups in total. The van der Waals surface area contributed by atoms with Crippen molar-refractivity contribution in [1.82, 2.24) is 9.97 Å². The van der Waals surface area contributed by atoms with E-state index >= 15 is 0 Å². The number of rotatable bonds is 5. The summed E-state index contributed by atoms with van der Waals surface area (Å²) in [4.78, 5) is 35.8. The van der Waals surface area contributed by atoms with Gasteiger partial charge in [0.1, 0.15) is 17.7 Å². The fourth-order valence-corrected chi connectivity index (χ4v) is 5.41. The predicted molar refractivity (Wildman–Crippen MR) is 152 cm³/mol. The first-order valence-electron chi connectivity index (χ1n) is 13.2. The average Bonchev–Trinajstić information content (AvgIpc) is 3.61. The number of pyridine rings is 2. The van der Waals surface area contributed by atoms with Crippen molar-refractivity contribution in [1.29, 1.82) is 0 Å². The minimum absolute atomic E-state index is 0.150. The minimum atomic E-state index is -0.220. The molecule has 197 valence electrons. The molecule has 2 aromatic carbocycles. The Morgan fingerprint density at radius 3 is 2.83 bits per heavy atom. The number of carbonyl (C=O) groups excluding carboxylic acids is 2. The Kier molecular flexibility index (Phi) is 5.97. The van der Waals surface area contributed by atoms with Crippen LogP contribution in [0.1, 0.15) is 47.4 Å². The highest BCUT2D eigenvalue weighted by Gasteiger charge is 2.27. The van der Waals surface area contributed by atoms with E-state index in [1.54, 1.807) is 25.9 Å². The molecule has 1 fully saturated rings. The van der Waals surface area contributed by atoms with Crippen LogP contribution in [0.2, 0.25) is 0 Å². The van der Waals surface area contributed by atoms with E-state index in [1.807, 2.05) is 60.5 Å². The van der Waals surface area contributed by atoms with Crippen molar-refractivity contribution in [3.05, 3.63) is 83.8 Å². The second-order valence-electron chi connectivity index (χ2n) is 10.1. The van der Waals surface area contributed by atoms with E-state index in [9.17, 15) is 9.59 Å². The van der Waals surface area contributed by atoms with E-state index in [1.165, 1.54) is 0 Å². The summed E-state index contributed by atoms with van der Waals surface area (Å²) in [6.07, 6.45) is 6.38. The summed E-state index contributed by atoms with van der Waals surface area (Å²) in [6.45, 7) is 3.21. The first-order chi connectivity index (χ1) is 19.5. The van der Waals surface area contributed by atoms with Gasteiger partial charge in [0.25, 0.3) is 5.91 Å². The predicted octanol–water partition coefficient (Wildman–Crippen LogP) is 4.49. The molecule has 3 aliphatic heterocycles. The molecular weight excluding hydrogens is 505 g/mol. The molecule has 0 saturated carbocycles. The van der Waals surface area contributed by atoms with E-state index in [2.05, 4.69) is 20.6 Å². The number of anilines is 4. The molecular formula is C30H25BN5O4. The van der Waals surface area contributed by atoms with Gasteiger partial charge in [-0.15, -0.1) is 0 Å². The lowest BCUT2D eigenvalue weighted by atomic mass is 9.86. The molecule has 7 rings (SSSR count). The van der Waals surface area contributed by atoms with Crippen LogP contribution in [-0.2, 0) is 16.1 Å². The Hall–Kier alpha value is -4.70. The van der Waals surface area contributed by atoms with Gasteiger partial charge >= 0.3 is 7.48 Å². The molecule has 2 aromatic heterocycles. The smallest absolute Gasteiger partial charge is 0.330 e. The number of carbonyl (C=O) groups is 2. The molecule has 0 aliphatic carbocycles. The second kappa shape index (κ2) is 9.80. The van der Waals surface area contributed by atoms with Gasteiger partial charge in [-0.1, -0.05) is 6.07 Å². The topological polar surface area (TPSA) is 106 Å². The number of aromatic nitrogens is 2. The fourth-order valence-electron chi connectivity index (χ4n) is 5.41. The Morgan fingerprint density at radius 2 is 1.95 bits per heavy atom. The Morgan fingerprint density at radius 1 is 1.05 bits per heavy atom. The van der Waals surface area contributed by atoms with Crippen molar-refractivity contribution < 1.29 is 19.0 Å². The molecule has 1 radical (unpaired) electrons. The summed E-state index contributed by atoms with van der Waals surface area (Å²) in [5.74, 6) is 1.32. The van der Waals surface area contributed by atoms with E-state index in [0.29, 0.717) is 35.8 Å². The number of fused-ring (bicyclic) bond motifs is 4. The van der Waals surface area contributed by atoms with Gasteiger partial charge in [0.15, 0.2) is 0 Å². The summed E-state index contributed by atoms with van der Waals surface area (Å²) in [6, 6.07) is 15.2. The molecule has 9 nitrogen and oxygen atoms in total. The molecule has 1 atom stereocenters. The van der Waals surface area contributed by atoms with Gasteiger partial charge < -0.3 is 24.9 Å². The molecule has 1 unspecified atom stereocenters. The van der Waals surface area contributed by atoms with E-state index in [4.69, 9.17) is 9.39 Å². The van der Waals surface area contributed by atoms with Gasteiger partial charge in [0.2, 0.25) is 5.91 Å². The largest absolute Gasteiger partial charge is 0.485 e. The highest BCUT2D eigenvalue weighted by molar-refractivity contribution is 6.48. The lowest BCUT2D eigenvalue weighted by Crippen LogP contribution is -2.24. The summed E-state index contributed by atoms with van der Waals surface area (Å²) >= 11 is 0. The second-order valence-corrected chi connectivity index (χ2v) is 10.1. The van der Waals surface area contributed by atoms with Crippen molar-refractivity contribution in [3.8, 4) is 16.9 Å². The molecule has 40 heavy (non-hydrogen) atoms. The number of nitrogens with zero attached hydrogens (tertiary/aromatic N) is 3. The third-order valence-electron chi connectivity index (χ3n) is 7.44. The molecule has 0 spiro atoms. The van der Waals surface area contributed by atoms with Gasteiger partial charge in [-0.3, -0.25) is 14.6 Å². The maximum atomic E-state index is 12.8. The van der Waals surface area contributed by atoms with Crippen LogP contribution in [0.4, 0.5) is 22.9 Å². The molecule has 4 aromatic rings. The summed E-state index contributed by atoms with van der Waals surface area (Å²) in [5.41, 5.74) is 7.61. The fraction of sp³-hybridized carbons (Fsp3) is 0.200. The minimum Gasteiger partial charge on any atom is -0.485 e. The van der Waals surface area contributed by atoms with Gasteiger partial charge in [-0.25, -0.2) is 4.98 Å². The molecule has 1 saturated heterocycles. The SMILES string of the molecule is CC1Oc2cc(N3CCCC3=O)ccc2-c2cnc(Nc3cncc(NC(=O)c4ccc5c(c4)CO[B]5)c3)cc21. The molecule has 3 aliphatic rings. The number of benzene rings is 2. The normalized spacial score (nSPS) is 16.9. The van der Waals surface area contributed by atoms with Crippen molar-refractivity contribution in [2.75, 3.05) is 22.1 Å². The van der Waals surface area contributed by atoms with Gasteiger partial charge in [-0.05, 0) is 60.8 Å². The zero-order valence-corrected chi connectivity index (χ0v) is 21.8. The van der Waals surface area contributed by atoms with Crippen LogP contribution in [0.3, 0.4) is 0 Å². The zero-order valence-electron chi connectivity index (χ0n) is 21.8. The van der Waals surface area contributed by atoms with Crippen LogP contribution in [0.15, 0.2) is 67.1 Å². The summed E-state index contributed by atoms with van der Waals surface area (Å²) < 4.78 is 11.6. The number of hydrogen-bond acceptors (Lipinski definition) is 7. The summed E-state index contributed by atoms with van der Waals surface area (Å²) in [7, 11) is 1.70. The van der Waals surface area contributed by atoms with Gasteiger partial charge in [0, 0.05) is 53.2 Å². The quantitative estimate of drug-likeness (QED) is 0.366. The van der Waals surface area contributed by atoms with Crippen molar-refractivity contribution >= 4 is 47.6 Å². The van der Waals surface area contributed by atoms with Gasteiger partial charge in [-0.2, -0.15) is 0 Å². The third kappa shape index (κ3) is 4.46. The molecule has 5 heterocycles. The van der Waals surface area contributed by atoms with Crippen LogP contribution in [0, 0.1) is 0 Å². The monoisotopic (exact) mass is 530 g/mol. The zero-order chi connectivity index (χ0) is 27.2. The summed E-state index contributed by atoms with van der Waals surface area (Å²) in [5, 5.41) is 6.21. The van der Waals surface area contributed by atoms with Crippen LogP contribution in [-0.4, -0.2) is 35.8 Å². The molecule has 0 bridgehead atoms. The van der Waals surface area contributed by atoms with Crippen molar-refractivity contribution in [3.63, 3.8) is 0 Å². The Labute approximate surface area is 231 Å². The lowest BCUT2D eigenvalue weighted by molar-refractivity contribution is -0.117. The molecule has 10 heteroatoms. The first kappa shape index (κ1) is 24.4. The number of amides is 2. The van der Waals surface area contributed by atoms with Crippen LogP contribution < -0.4 is 25.7 Å². The highest BCUT2D eigenvalue weighted by atomic mass is 16.5. The number of nitrogens with one attached hydrogen (secondary N) is 2. The maximum absolute atomic E-state index is 12.8. The average molecular weight is 530 g/mol. The van der Waals surface area contributed by atoms with Gasteiger partial charge in [0.05, 0.1) is 30.4 Å². The van der Waals surface area contributed by atoms with Crippen LogP contribution in [0.5, 0.6) is 5.75 Å². The number of hydrogen-bond donors (Lipinski definition) is 2.